The Morgan fingerprint density at radius 3 is 2.38 bits per heavy atom. The Hall–Kier alpha value is -3.49. The summed E-state index contributed by atoms with van der Waals surface area (Å²) in [6, 6.07) is 11.2. The minimum absolute atomic E-state index is 0.544. The second-order valence-electron chi connectivity index (χ2n) is 11.3. The molecule has 1 aromatic carbocycles. The lowest BCUT2D eigenvalue weighted by atomic mass is 9.98. The van der Waals surface area contributed by atoms with Gasteiger partial charge in [-0.2, -0.15) is 4.98 Å². The van der Waals surface area contributed by atoms with E-state index < -0.39 is 0 Å². The maximum Gasteiger partial charge on any atom is 0.229 e. The number of nitrogens with one attached hydrogen (secondary N) is 2. The highest BCUT2D eigenvalue weighted by Gasteiger charge is 2.27. The molecule has 2 fully saturated rings. The number of anilines is 5. The highest BCUT2D eigenvalue weighted by Crippen LogP contribution is 2.31. The van der Waals surface area contributed by atoms with E-state index >= 15 is 0 Å². The van der Waals surface area contributed by atoms with Crippen molar-refractivity contribution in [3.63, 3.8) is 0 Å². The van der Waals surface area contributed by atoms with Crippen LogP contribution >= 0.6 is 0 Å². The molecule has 2 aromatic heterocycles. The number of aryl methyl sites for hydroxylation is 3. The molecule has 8 heteroatoms. The standard InChI is InChI=1S/C32H44N8/c1-7-25-9-8-10-28(30(25)22(2)3)35-31-23(4)21-33-32(37-31)36-27-11-12-29(34-24(27)5)40-15-13-26(14-16-40)39-19-17-38(6)18-20-39/h8-12,21,26H,2,7,13-20H2,1,3-6H3,(H2,33,35,36,37). The fourth-order valence-corrected chi connectivity index (χ4v) is 5.88. The van der Waals surface area contributed by atoms with Gasteiger partial charge in [-0.05, 0) is 76.4 Å². The second-order valence-corrected chi connectivity index (χ2v) is 11.3. The van der Waals surface area contributed by atoms with E-state index in [1.54, 1.807) is 0 Å². The van der Waals surface area contributed by atoms with Gasteiger partial charge in [0.15, 0.2) is 0 Å². The Bertz CT molecular complexity index is 1340. The summed E-state index contributed by atoms with van der Waals surface area (Å²) in [6.45, 7) is 19.3. The van der Waals surface area contributed by atoms with Crippen LogP contribution in [-0.2, 0) is 6.42 Å². The van der Waals surface area contributed by atoms with Gasteiger partial charge in [0.2, 0.25) is 5.95 Å². The fourth-order valence-electron chi connectivity index (χ4n) is 5.88. The molecule has 5 rings (SSSR count). The molecule has 212 valence electrons. The largest absolute Gasteiger partial charge is 0.356 e. The van der Waals surface area contributed by atoms with Gasteiger partial charge < -0.3 is 20.4 Å². The lowest BCUT2D eigenvalue weighted by molar-refractivity contribution is 0.0981. The van der Waals surface area contributed by atoms with E-state index in [0.717, 1.165) is 64.9 Å². The highest BCUT2D eigenvalue weighted by molar-refractivity contribution is 5.79. The molecule has 0 saturated carbocycles. The van der Waals surface area contributed by atoms with Gasteiger partial charge >= 0.3 is 0 Å². The minimum Gasteiger partial charge on any atom is -0.356 e. The Kier molecular flexibility index (Phi) is 8.66. The number of rotatable bonds is 8. The third-order valence-corrected chi connectivity index (χ3v) is 8.34. The smallest absolute Gasteiger partial charge is 0.229 e. The molecule has 2 saturated heterocycles. The Morgan fingerprint density at radius 2 is 1.70 bits per heavy atom. The Balaban J connectivity index is 1.25. The summed E-state index contributed by atoms with van der Waals surface area (Å²) in [7, 11) is 2.22. The van der Waals surface area contributed by atoms with Crippen LogP contribution in [0.15, 0.2) is 43.1 Å². The number of benzene rings is 1. The summed E-state index contributed by atoms with van der Waals surface area (Å²) in [5.74, 6) is 2.37. The minimum atomic E-state index is 0.544. The summed E-state index contributed by atoms with van der Waals surface area (Å²) in [4.78, 5) is 21.9. The molecule has 2 aliphatic rings. The first-order chi connectivity index (χ1) is 19.3. The molecule has 4 heterocycles. The molecular weight excluding hydrogens is 496 g/mol. The Morgan fingerprint density at radius 1 is 0.950 bits per heavy atom. The first kappa shape index (κ1) is 28.1. The number of aromatic nitrogens is 3. The van der Waals surface area contributed by atoms with E-state index in [4.69, 9.17) is 9.97 Å². The maximum absolute atomic E-state index is 4.96. The molecule has 3 aromatic rings. The van der Waals surface area contributed by atoms with Crippen LogP contribution < -0.4 is 15.5 Å². The van der Waals surface area contributed by atoms with Crippen LogP contribution in [0.25, 0.3) is 5.57 Å². The van der Waals surface area contributed by atoms with Gasteiger partial charge in [-0.25, -0.2) is 9.97 Å². The molecule has 0 spiro atoms. The molecule has 8 nitrogen and oxygen atoms in total. The number of allylic oxidation sites excluding steroid dienone is 1. The van der Waals surface area contributed by atoms with Gasteiger partial charge in [0.05, 0.1) is 11.4 Å². The molecule has 0 atom stereocenters. The second kappa shape index (κ2) is 12.4. The molecule has 40 heavy (non-hydrogen) atoms. The van der Waals surface area contributed by atoms with E-state index in [-0.39, 0.29) is 0 Å². The molecule has 2 N–H and O–H groups in total. The predicted octanol–water partition coefficient (Wildman–Crippen LogP) is 5.79. The van der Waals surface area contributed by atoms with Crippen molar-refractivity contribution in [3.05, 3.63) is 65.5 Å². The van der Waals surface area contributed by atoms with Crippen molar-refractivity contribution in [2.45, 2.75) is 53.0 Å². The predicted molar refractivity (Wildman–Crippen MR) is 167 cm³/mol. The van der Waals surface area contributed by atoms with Crippen LogP contribution in [0.4, 0.5) is 29.0 Å². The van der Waals surface area contributed by atoms with Gasteiger partial charge in [-0.3, -0.25) is 4.90 Å². The lowest BCUT2D eigenvalue weighted by Crippen LogP contribution is -2.52. The Labute approximate surface area is 239 Å². The van der Waals surface area contributed by atoms with Crippen LogP contribution in [-0.4, -0.2) is 77.1 Å². The number of nitrogens with zero attached hydrogens (tertiary/aromatic N) is 6. The molecular formula is C32H44N8. The van der Waals surface area contributed by atoms with Crippen LogP contribution in [0.2, 0.25) is 0 Å². The first-order valence-corrected chi connectivity index (χ1v) is 14.6. The molecule has 2 aliphatic heterocycles. The number of hydrogen-bond acceptors (Lipinski definition) is 8. The van der Waals surface area contributed by atoms with Gasteiger partial charge in [-0.15, -0.1) is 0 Å². The van der Waals surface area contributed by atoms with Crippen LogP contribution in [0.1, 0.15) is 49.1 Å². The molecule has 0 amide bonds. The highest BCUT2D eigenvalue weighted by atomic mass is 15.3. The van der Waals surface area contributed by atoms with Gasteiger partial charge in [0, 0.05) is 68.3 Å². The van der Waals surface area contributed by atoms with E-state index in [0.29, 0.717) is 12.0 Å². The normalized spacial score (nSPS) is 17.2. The van der Waals surface area contributed by atoms with Gasteiger partial charge in [0.1, 0.15) is 11.6 Å². The summed E-state index contributed by atoms with van der Waals surface area (Å²) in [6.07, 6.45) is 5.20. The number of likely N-dealkylation sites (N-methyl/N-ethyl adjacent to an activating group) is 1. The van der Waals surface area contributed by atoms with Crippen molar-refractivity contribution in [2.75, 3.05) is 61.8 Å². The third-order valence-electron chi connectivity index (χ3n) is 8.34. The van der Waals surface area contributed by atoms with Crippen molar-refractivity contribution in [1.82, 2.24) is 24.8 Å². The molecule has 0 aliphatic carbocycles. The zero-order valence-electron chi connectivity index (χ0n) is 24.8. The van der Waals surface area contributed by atoms with Gasteiger partial charge in [-0.1, -0.05) is 25.6 Å². The topological polar surface area (TPSA) is 72.5 Å². The van der Waals surface area contributed by atoms with Gasteiger partial charge in [0.25, 0.3) is 0 Å². The van der Waals surface area contributed by atoms with E-state index in [1.165, 1.54) is 44.6 Å². The van der Waals surface area contributed by atoms with Crippen molar-refractivity contribution in [2.24, 2.45) is 0 Å². The molecule has 0 unspecified atom stereocenters. The van der Waals surface area contributed by atoms with Crippen LogP contribution in [0.5, 0.6) is 0 Å². The third kappa shape index (κ3) is 6.29. The SMILES string of the molecule is C=C(C)c1c(CC)cccc1Nc1nc(Nc2ccc(N3CCC(N4CCN(C)CC4)CC3)nc2C)ncc1C. The number of pyridine rings is 1. The lowest BCUT2D eigenvalue weighted by Gasteiger charge is -2.42. The summed E-state index contributed by atoms with van der Waals surface area (Å²) < 4.78 is 0. The fraction of sp³-hybridized carbons (Fsp3) is 0.469. The monoisotopic (exact) mass is 540 g/mol. The maximum atomic E-state index is 4.96. The number of piperazine rings is 1. The van der Waals surface area contributed by atoms with Crippen LogP contribution in [0.3, 0.4) is 0 Å². The zero-order chi connectivity index (χ0) is 28.2. The molecule has 0 radical (unpaired) electrons. The zero-order valence-corrected chi connectivity index (χ0v) is 24.8. The van der Waals surface area contributed by atoms with Crippen LogP contribution in [0, 0.1) is 13.8 Å². The van der Waals surface area contributed by atoms with Crippen molar-refractivity contribution < 1.29 is 0 Å². The van der Waals surface area contributed by atoms with Crippen molar-refractivity contribution in [1.29, 1.82) is 0 Å². The van der Waals surface area contributed by atoms with E-state index in [2.05, 4.69) is 88.1 Å². The first-order valence-electron chi connectivity index (χ1n) is 14.6. The molecule has 0 bridgehead atoms. The quantitative estimate of drug-likeness (QED) is 0.372. The average molecular weight is 541 g/mol. The summed E-state index contributed by atoms with van der Waals surface area (Å²) >= 11 is 0. The summed E-state index contributed by atoms with van der Waals surface area (Å²) in [5.41, 5.74) is 7.31. The average Bonchev–Trinajstić information content (AvgIpc) is 2.96. The number of hydrogen-bond donors (Lipinski definition) is 2. The van der Waals surface area contributed by atoms with Crippen molar-refractivity contribution in [3.8, 4) is 0 Å². The van der Waals surface area contributed by atoms with E-state index in [9.17, 15) is 0 Å². The number of piperidine rings is 1. The van der Waals surface area contributed by atoms with E-state index in [1.807, 2.05) is 20.0 Å². The van der Waals surface area contributed by atoms with Crippen molar-refractivity contribution >= 4 is 34.5 Å². The summed E-state index contributed by atoms with van der Waals surface area (Å²) in [5, 5.41) is 6.94.